The Bertz CT molecular complexity index is 434. The van der Waals surface area contributed by atoms with Gasteiger partial charge in [0.05, 0.1) is 5.02 Å². The Labute approximate surface area is 111 Å². The third-order valence-electron chi connectivity index (χ3n) is 3.24. The smallest absolute Gasteiger partial charge is 0.142 e. The molecule has 0 saturated carbocycles. The van der Waals surface area contributed by atoms with Gasteiger partial charge in [0, 0.05) is 16.5 Å². The van der Waals surface area contributed by atoms with Crippen LogP contribution in [0.5, 0.6) is 0 Å². The lowest BCUT2D eigenvalue weighted by Gasteiger charge is -2.40. The van der Waals surface area contributed by atoms with Gasteiger partial charge in [-0.05, 0) is 37.6 Å². The standard InChI is InChI=1S/C13H17ClFNS/c1-4-16-12-8-5-6-10(15)11(14)9(8)7-17-13(12,2)3/h5-6,12,16H,4,7H2,1-3H3. The second-order valence-electron chi connectivity index (χ2n) is 4.81. The summed E-state index contributed by atoms with van der Waals surface area (Å²) in [4.78, 5) is 0. The van der Waals surface area contributed by atoms with Crippen molar-refractivity contribution in [2.24, 2.45) is 0 Å². The van der Waals surface area contributed by atoms with Gasteiger partial charge in [-0.25, -0.2) is 4.39 Å². The summed E-state index contributed by atoms with van der Waals surface area (Å²) in [7, 11) is 0. The lowest BCUT2D eigenvalue weighted by Crippen LogP contribution is -2.40. The van der Waals surface area contributed by atoms with Gasteiger partial charge in [0.15, 0.2) is 0 Å². The minimum Gasteiger partial charge on any atom is -0.309 e. The molecule has 17 heavy (non-hydrogen) atoms. The van der Waals surface area contributed by atoms with E-state index in [1.165, 1.54) is 6.07 Å². The van der Waals surface area contributed by atoms with Gasteiger partial charge in [-0.2, -0.15) is 0 Å². The first-order valence-corrected chi connectivity index (χ1v) is 7.18. The summed E-state index contributed by atoms with van der Waals surface area (Å²) in [5, 5.41) is 3.76. The van der Waals surface area contributed by atoms with Crippen molar-refractivity contribution in [3.63, 3.8) is 0 Å². The highest BCUT2D eigenvalue weighted by Gasteiger charge is 2.37. The highest BCUT2D eigenvalue weighted by molar-refractivity contribution is 8.00. The van der Waals surface area contributed by atoms with Crippen molar-refractivity contribution in [3.05, 3.63) is 34.1 Å². The van der Waals surface area contributed by atoms with E-state index in [2.05, 4.69) is 26.1 Å². The number of benzene rings is 1. The first kappa shape index (κ1) is 13.2. The van der Waals surface area contributed by atoms with Crippen molar-refractivity contribution in [1.82, 2.24) is 5.32 Å². The van der Waals surface area contributed by atoms with Crippen molar-refractivity contribution in [2.75, 3.05) is 6.54 Å². The second kappa shape index (κ2) is 4.79. The van der Waals surface area contributed by atoms with Crippen molar-refractivity contribution >= 4 is 23.4 Å². The van der Waals surface area contributed by atoms with Crippen molar-refractivity contribution in [1.29, 1.82) is 0 Å². The monoisotopic (exact) mass is 273 g/mol. The largest absolute Gasteiger partial charge is 0.309 e. The van der Waals surface area contributed by atoms with Crippen LogP contribution in [0.25, 0.3) is 0 Å². The highest BCUT2D eigenvalue weighted by atomic mass is 35.5. The van der Waals surface area contributed by atoms with Gasteiger partial charge < -0.3 is 5.32 Å². The number of thioether (sulfide) groups is 1. The topological polar surface area (TPSA) is 12.0 Å². The fourth-order valence-electron chi connectivity index (χ4n) is 2.30. The molecule has 94 valence electrons. The molecule has 0 saturated heterocycles. The molecule has 1 aliphatic rings. The summed E-state index contributed by atoms with van der Waals surface area (Å²) < 4.78 is 13.6. The minimum atomic E-state index is -0.319. The molecule has 2 rings (SSSR count). The van der Waals surface area contributed by atoms with E-state index in [1.807, 2.05) is 17.8 Å². The van der Waals surface area contributed by atoms with Gasteiger partial charge in [-0.1, -0.05) is 24.6 Å². The van der Waals surface area contributed by atoms with E-state index in [9.17, 15) is 4.39 Å². The molecule has 0 aliphatic carbocycles. The van der Waals surface area contributed by atoms with Crippen LogP contribution in [-0.4, -0.2) is 11.3 Å². The fourth-order valence-corrected chi connectivity index (χ4v) is 3.82. The van der Waals surface area contributed by atoms with E-state index in [1.54, 1.807) is 0 Å². The normalized spacial score (nSPS) is 22.3. The van der Waals surface area contributed by atoms with E-state index in [0.717, 1.165) is 23.4 Å². The average Bonchev–Trinajstić information content (AvgIpc) is 2.27. The number of hydrogen-bond donors (Lipinski definition) is 1. The van der Waals surface area contributed by atoms with Crippen LogP contribution in [0.3, 0.4) is 0 Å². The lowest BCUT2D eigenvalue weighted by atomic mass is 9.91. The van der Waals surface area contributed by atoms with Crippen LogP contribution in [0.15, 0.2) is 12.1 Å². The van der Waals surface area contributed by atoms with Crippen LogP contribution in [-0.2, 0) is 5.75 Å². The highest BCUT2D eigenvalue weighted by Crippen LogP contribution is 2.47. The predicted octanol–water partition coefficient (Wildman–Crippen LogP) is 4.16. The number of rotatable bonds is 2. The first-order chi connectivity index (χ1) is 7.97. The summed E-state index contributed by atoms with van der Waals surface area (Å²) in [6, 6.07) is 3.56. The quantitative estimate of drug-likeness (QED) is 0.869. The molecule has 1 atom stereocenters. The van der Waals surface area contributed by atoms with E-state index >= 15 is 0 Å². The number of halogens is 2. The maximum Gasteiger partial charge on any atom is 0.142 e. The molecule has 0 amide bonds. The van der Waals surface area contributed by atoms with E-state index in [0.29, 0.717) is 0 Å². The summed E-state index contributed by atoms with van der Waals surface area (Å²) in [5.74, 6) is 0.460. The van der Waals surface area contributed by atoms with Crippen LogP contribution in [0, 0.1) is 5.82 Å². The average molecular weight is 274 g/mol. The zero-order valence-electron chi connectivity index (χ0n) is 10.3. The number of nitrogens with one attached hydrogen (secondary N) is 1. The maximum atomic E-state index is 13.5. The van der Waals surface area contributed by atoms with Crippen LogP contribution in [0.2, 0.25) is 5.02 Å². The van der Waals surface area contributed by atoms with Crippen molar-refractivity contribution in [3.8, 4) is 0 Å². The number of hydrogen-bond acceptors (Lipinski definition) is 2. The fraction of sp³-hybridized carbons (Fsp3) is 0.538. The first-order valence-electron chi connectivity index (χ1n) is 5.81. The van der Waals surface area contributed by atoms with Gasteiger partial charge in [0.2, 0.25) is 0 Å². The van der Waals surface area contributed by atoms with E-state index in [-0.39, 0.29) is 21.6 Å². The molecule has 1 unspecified atom stereocenters. The van der Waals surface area contributed by atoms with Crippen LogP contribution in [0.4, 0.5) is 4.39 Å². The van der Waals surface area contributed by atoms with Crippen LogP contribution in [0.1, 0.15) is 37.9 Å². The van der Waals surface area contributed by atoms with Crippen molar-refractivity contribution in [2.45, 2.75) is 37.3 Å². The van der Waals surface area contributed by atoms with E-state index in [4.69, 9.17) is 11.6 Å². The summed E-state index contributed by atoms with van der Waals surface area (Å²) >= 11 is 7.87. The Morgan fingerprint density at radius 2 is 2.24 bits per heavy atom. The lowest BCUT2D eigenvalue weighted by molar-refractivity contribution is 0.449. The number of fused-ring (bicyclic) bond motifs is 1. The molecule has 0 bridgehead atoms. The molecular weight excluding hydrogens is 257 g/mol. The molecule has 1 aromatic rings. The van der Waals surface area contributed by atoms with Gasteiger partial charge in [-0.15, -0.1) is 11.8 Å². The Morgan fingerprint density at radius 1 is 1.53 bits per heavy atom. The molecular formula is C13H17ClFNS. The minimum absolute atomic E-state index is 0.101. The van der Waals surface area contributed by atoms with Crippen molar-refractivity contribution < 1.29 is 4.39 Å². The zero-order chi connectivity index (χ0) is 12.6. The summed E-state index contributed by atoms with van der Waals surface area (Å²) in [5.41, 5.74) is 2.09. The van der Waals surface area contributed by atoms with Gasteiger partial charge in [0.25, 0.3) is 0 Å². The zero-order valence-corrected chi connectivity index (χ0v) is 11.9. The Hall–Kier alpha value is -0.250. The third kappa shape index (κ3) is 2.33. The SMILES string of the molecule is CCNC1c2ccc(F)c(Cl)c2CSC1(C)C. The molecule has 0 aromatic heterocycles. The molecule has 1 aliphatic heterocycles. The predicted molar refractivity (Wildman–Crippen MR) is 73.2 cm³/mol. The molecule has 1 heterocycles. The summed E-state index contributed by atoms with van der Waals surface area (Å²) in [6.07, 6.45) is 0. The Balaban J connectivity index is 2.50. The molecule has 1 N–H and O–H groups in total. The second-order valence-corrected chi connectivity index (χ2v) is 6.82. The van der Waals surface area contributed by atoms with Gasteiger partial charge in [0.1, 0.15) is 5.82 Å². The summed E-state index contributed by atoms with van der Waals surface area (Å²) in [6.45, 7) is 7.40. The Kier molecular flexibility index (Phi) is 3.71. The molecule has 0 radical (unpaired) electrons. The molecule has 0 spiro atoms. The van der Waals surface area contributed by atoms with Gasteiger partial charge >= 0.3 is 0 Å². The third-order valence-corrected chi connectivity index (χ3v) is 5.06. The maximum absolute atomic E-state index is 13.5. The van der Waals surface area contributed by atoms with Crippen LogP contribution < -0.4 is 5.32 Å². The molecule has 1 nitrogen and oxygen atoms in total. The molecule has 0 fully saturated rings. The van der Waals surface area contributed by atoms with E-state index < -0.39 is 0 Å². The van der Waals surface area contributed by atoms with Gasteiger partial charge in [-0.3, -0.25) is 0 Å². The molecule has 4 heteroatoms. The van der Waals surface area contributed by atoms with Crippen LogP contribution >= 0.6 is 23.4 Å². The molecule has 1 aromatic carbocycles. The Morgan fingerprint density at radius 3 is 2.88 bits per heavy atom.